The highest BCUT2D eigenvalue weighted by atomic mass is 16.5. The van der Waals surface area contributed by atoms with Gasteiger partial charge in [0.25, 0.3) is 0 Å². The van der Waals surface area contributed by atoms with Gasteiger partial charge in [-0.25, -0.2) is 4.79 Å². The molecule has 0 radical (unpaired) electrons. The van der Waals surface area contributed by atoms with E-state index in [4.69, 9.17) is 9.84 Å². The Morgan fingerprint density at radius 1 is 1.44 bits per heavy atom. The summed E-state index contributed by atoms with van der Waals surface area (Å²) in [5.41, 5.74) is 0.962. The third-order valence-corrected chi connectivity index (χ3v) is 2.58. The number of carboxylic acids is 1. The maximum atomic E-state index is 10.8. The highest BCUT2D eigenvalue weighted by Gasteiger charge is 2.14. The van der Waals surface area contributed by atoms with Crippen molar-refractivity contribution >= 4 is 11.7 Å². The van der Waals surface area contributed by atoms with Crippen molar-refractivity contribution in [2.24, 2.45) is 0 Å². The lowest BCUT2D eigenvalue weighted by Crippen LogP contribution is -2.27. The number of ether oxygens (including phenoxy) is 1. The van der Waals surface area contributed by atoms with Crippen molar-refractivity contribution in [3.8, 4) is 0 Å². The second-order valence-corrected chi connectivity index (χ2v) is 3.80. The summed E-state index contributed by atoms with van der Waals surface area (Å²) in [6, 6.07) is 1.95. The molecular formula is C11H14N2O3. The van der Waals surface area contributed by atoms with Crippen LogP contribution in [-0.4, -0.2) is 35.3 Å². The largest absolute Gasteiger partial charge is 0.478 e. The van der Waals surface area contributed by atoms with E-state index in [1.807, 2.05) is 0 Å². The predicted molar refractivity (Wildman–Crippen MR) is 58.7 cm³/mol. The van der Waals surface area contributed by atoms with Crippen LogP contribution in [0, 0.1) is 0 Å². The number of hydrogen-bond donors (Lipinski definition) is 2. The van der Waals surface area contributed by atoms with Gasteiger partial charge in [0.05, 0.1) is 11.3 Å². The number of aromatic carboxylic acids is 1. The van der Waals surface area contributed by atoms with E-state index in [0.29, 0.717) is 6.04 Å². The molecule has 1 aliphatic heterocycles. The van der Waals surface area contributed by atoms with Gasteiger partial charge in [-0.2, -0.15) is 0 Å². The van der Waals surface area contributed by atoms with E-state index in [1.165, 1.54) is 6.20 Å². The zero-order valence-corrected chi connectivity index (χ0v) is 8.85. The van der Waals surface area contributed by atoms with Crippen LogP contribution in [0.5, 0.6) is 0 Å². The molecule has 1 saturated heterocycles. The fourth-order valence-electron chi connectivity index (χ4n) is 1.71. The Bertz CT molecular complexity index is 375. The smallest absolute Gasteiger partial charge is 0.337 e. The number of pyridine rings is 1. The summed E-state index contributed by atoms with van der Waals surface area (Å²) < 4.78 is 5.25. The molecule has 86 valence electrons. The summed E-state index contributed by atoms with van der Waals surface area (Å²) in [6.07, 6.45) is 4.87. The fraction of sp³-hybridized carbons (Fsp3) is 0.455. The van der Waals surface area contributed by atoms with Gasteiger partial charge in [0, 0.05) is 31.6 Å². The van der Waals surface area contributed by atoms with Crippen molar-refractivity contribution < 1.29 is 14.6 Å². The van der Waals surface area contributed by atoms with Crippen molar-refractivity contribution in [1.82, 2.24) is 4.98 Å². The third-order valence-electron chi connectivity index (χ3n) is 2.58. The zero-order chi connectivity index (χ0) is 11.4. The molecule has 0 unspecified atom stereocenters. The SMILES string of the molecule is O=C(O)c1cncc(NC2CCOCC2)c1. The zero-order valence-electron chi connectivity index (χ0n) is 8.85. The summed E-state index contributed by atoms with van der Waals surface area (Å²) in [5, 5.41) is 12.1. The first-order chi connectivity index (χ1) is 7.75. The molecule has 0 saturated carbocycles. The minimum atomic E-state index is -0.955. The van der Waals surface area contributed by atoms with Crippen LogP contribution in [0.25, 0.3) is 0 Å². The third kappa shape index (κ3) is 2.70. The number of aromatic nitrogens is 1. The van der Waals surface area contributed by atoms with Gasteiger partial charge in [0.1, 0.15) is 0 Å². The molecule has 1 aromatic heterocycles. The summed E-state index contributed by atoms with van der Waals surface area (Å²) in [4.78, 5) is 14.7. The Kier molecular flexibility index (Phi) is 3.36. The first kappa shape index (κ1) is 10.9. The highest BCUT2D eigenvalue weighted by molar-refractivity contribution is 5.88. The quantitative estimate of drug-likeness (QED) is 0.808. The number of carboxylic acid groups (broad SMARTS) is 1. The van der Waals surface area contributed by atoms with E-state index in [1.54, 1.807) is 12.3 Å². The van der Waals surface area contributed by atoms with Gasteiger partial charge in [-0.1, -0.05) is 0 Å². The van der Waals surface area contributed by atoms with Gasteiger partial charge in [-0.15, -0.1) is 0 Å². The van der Waals surface area contributed by atoms with Gasteiger partial charge in [-0.3, -0.25) is 4.98 Å². The van der Waals surface area contributed by atoms with Crippen molar-refractivity contribution in [3.63, 3.8) is 0 Å². The summed E-state index contributed by atoms with van der Waals surface area (Å²) in [7, 11) is 0. The molecule has 0 aliphatic carbocycles. The van der Waals surface area contributed by atoms with Crippen LogP contribution in [0.15, 0.2) is 18.5 Å². The second-order valence-electron chi connectivity index (χ2n) is 3.80. The van der Waals surface area contributed by atoms with Crippen LogP contribution in [0.4, 0.5) is 5.69 Å². The van der Waals surface area contributed by atoms with Crippen LogP contribution < -0.4 is 5.32 Å². The average Bonchev–Trinajstić information content (AvgIpc) is 2.30. The summed E-state index contributed by atoms with van der Waals surface area (Å²) >= 11 is 0. The first-order valence-corrected chi connectivity index (χ1v) is 5.28. The minimum Gasteiger partial charge on any atom is -0.478 e. The molecule has 0 atom stereocenters. The summed E-state index contributed by atoms with van der Waals surface area (Å²) in [6.45, 7) is 1.51. The van der Waals surface area contributed by atoms with Crippen LogP contribution in [-0.2, 0) is 4.74 Å². The van der Waals surface area contributed by atoms with Gasteiger partial charge in [0.2, 0.25) is 0 Å². The molecule has 16 heavy (non-hydrogen) atoms. The predicted octanol–water partition coefficient (Wildman–Crippen LogP) is 1.37. The number of carbonyl (C=O) groups is 1. The lowest BCUT2D eigenvalue weighted by Gasteiger charge is -2.23. The standard InChI is InChI=1S/C11H14N2O3/c14-11(15)8-5-10(7-12-6-8)13-9-1-3-16-4-2-9/h5-7,9,13H,1-4H2,(H,14,15). The molecule has 0 aromatic carbocycles. The molecule has 5 nitrogen and oxygen atoms in total. The number of anilines is 1. The molecule has 1 aliphatic rings. The van der Waals surface area contributed by atoms with Crippen LogP contribution in [0.2, 0.25) is 0 Å². The lowest BCUT2D eigenvalue weighted by atomic mass is 10.1. The van der Waals surface area contributed by atoms with E-state index < -0.39 is 5.97 Å². The second kappa shape index (κ2) is 4.94. The van der Waals surface area contributed by atoms with E-state index in [2.05, 4.69) is 10.3 Å². The van der Waals surface area contributed by atoms with Crippen molar-refractivity contribution in [2.75, 3.05) is 18.5 Å². The van der Waals surface area contributed by atoms with Gasteiger partial charge >= 0.3 is 5.97 Å². The Labute approximate surface area is 93.5 Å². The number of rotatable bonds is 3. The van der Waals surface area contributed by atoms with Crippen molar-refractivity contribution in [1.29, 1.82) is 0 Å². The highest BCUT2D eigenvalue weighted by Crippen LogP contribution is 2.15. The molecular weight excluding hydrogens is 208 g/mol. The molecule has 0 bridgehead atoms. The minimum absolute atomic E-state index is 0.206. The topological polar surface area (TPSA) is 71.5 Å². The van der Waals surface area contributed by atoms with Gasteiger partial charge in [0.15, 0.2) is 0 Å². The van der Waals surface area contributed by atoms with E-state index in [9.17, 15) is 4.79 Å². The molecule has 1 fully saturated rings. The monoisotopic (exact) mass is 222 g/mol. The fourth-order valence-corrected chi connectivity index (χ4v) is 1.71. The maximum Gasteiger partial charge on any atom is 0.337 e. The summed E-state index contributed by atoms with van der Waals surface area (Å²) in [5.74, 6) is -0.955. The van der Waals surface area contributed by atoms with Crippen LogP contribution in [0.1, 0.15) is 23.2 Å². The molecule has 2 rings (SSSR count). The van der Waals surface area contributed by atoms with Crippen molar-refractivity contribution in [3.05, 3.63) is 24.0 Å². The van der Waals surface area contributed by atoms with E-state index in [-0.39, 0.29) is 5.56 Å². The Morgan fingerprint density at radius 3 is 2.88 bits per heavy atom. The van der Waals surface area contributed by atoms with E-state index in [0.717, 1.165) is 31.7 Å². The lowest BCUT2D eigenvalue weighted by molar-refractivity contribution is 0.0696. The molecule has 2 N–H and O–H groups in total. The maximum absolute atomic E-state index is 10.8. The normalized spacial score (nSPS) is 17.0. The molecule has 0 amide bonds. The molecule has 5 heteroatoms. The van der Waals surface area contributed by atoms with E-state index >= 15 is 0 Å². The van der Waals surface area contributed by atoms with Gasteiger partial charge in [-0.05, 0) is 18.9 Å². The van der Waals surface area contributed by atoms with Crippen LogP contribution in [0.3, 0.4) is 0 Å². The Morgan fingerprint density at radius 2 is 2.19 bits per heavy atom. The number of nitrogens with one attached hydrogen (secondary N) is 1. The van der Waals surface area contributed by atoms with Crippen molar-refractivity contribution in [2.45, 2.75) is 18.9 Å². The first-order valence-electron chi connectivity index (χ1n) is 5.28. The number of nitrogens with zero attached hydrogens (tertiary/aromatic N) is 1. The number of hydrogen-bond acceptors (Lipinski definition) is 4. The van der Waals surface area contributed by atoms with Crippen LogP contribution >= 0.6 is 0 Å². The Balaban J connectivity index is 2.02. The Hall–Kier alpha value is -1.62. The molecule has 1 aromatic rings. The average molecular weight is 222 g/mol. The molecule has 0 spiro atoms. The van der Waals surface area contributed by atoms with Gasteiger partial charge < -0.3 is 15.2 Å². The molecule has 2 heterocycles.